The molecule has 1 aromatic rings. The number of hydrogen-bond donors (Lipinski definition) is 2. The molecule has 1 aliphatic heterocycles. The Morgan fingerprint density at radius 2 is 2.04 bits per heavy atom. The summed E-state index contributed by atoms with van der Waals surface area (Å²) in [7, 11) is 0. The Labute approximate surface area is 137 Å². The number of hydrogen-bond acceptors (Lipinski definition) is 3. The summed E-state index contributed by atoms with van der Waals surface area (Å²) in [4.78, 5) is 26.6. The van der Waals surface area contributed by atoms with Gasteiger partial charge >= 0.3 is 0 Å². The lowest BCUT2D eigenvalue weighted by Gasteiger charge is -2.25. The molecule has 2 aliphatic rings. The van der Waals surface area contributed by atoms with Gasteiger partial charge in [-0.1, -0.05) is 30.3 Å². The van der Waals surface area contributed by atoms with Crippen molar-refractivity contribution >= 4 is 11.8 Å². The lowest BCUT2D eigenvalue weighted by atomic mass is 10.1. The van der Waals surface area contributed by atoms with Crippen LogP contribution in [0.2, 0.25) is 0 Å². The van der Waals surface area contributed by atoms with E-state index >= 15 is 0 Å². The molecule has 0 spiro atoms. The highest BCUT2D eigenvalue weighted by Gasteiger charge is 2.39. The third-order valence-electron chi connectivity index (χ3n) is 5.05. The van der Waals surface area contributed by atoms with E-state index in [4.69, 9.17) is 5.73 Å². The maximum Gasteiger partial charge on any atom is 0.225 e. The zero-order valence-electron chi connectivity index (χ0n) is 13.6. The molecule has 23 heavy (non-hydrogen) atoms. The molecule has 1 aliphatic carbocycles. The van der Waals surface area contributed by atoms with E-state index in [1.165, 1.54) is 0 Å². The summed E-state index contributed by atoms with van der Waals surface area (Å²) in [5.41, 5.74) is 6.84. The van der Waals surface area contributed by atoms with Gasteiger partial charge in [0, 0.05) is 25.6 Å². The SMILES string of the molecule is CC(c1ccccc1)N1CC(C(=O)NC(CN)C2CC2)CC1=O. The molecular formula is C18H25N3O2. The van der Waals surface area contributed by atoms with Gasteiger partial charge in [-0.15, -0.1) is 0 Å². The fourth-order valence-electron chi connectivity index (χ4n) is 3.36. The lowest BCUT2D eigenvalue weighted by molar-refractivity contribution is -0.130. The first-order valence-electron chi connectivity index (χ1n) is 8.45. The highest BCUT2D eigenvalue weighted by Crippen LogP contribution is 2.33. The van der Waals surface area contributed by atoms with Crippen LogP contribution in [-0.4, -0.2) is 35.8 Å². The zero-order chi connectivity index (χ0) is 16.4. The van der Waals surface area contributed by atoms with Crippen molar-refractivity contribution in [3.05, 3.63) is 35.9 Å². The first-order chi connectivity index (χ1) is 11.1. The monoisotopic (exact) mass is 315 g/mol. The van der Waals surface area contributed by atoms with Gasteiger partial charge in [0.05, 0.1) is 12.0 Å². The Kier molecular flexibility index (Phi) is 4.66. The second kappa shape index (κ2) is 6.71. The zero-order valence-corrected chi connectivity index (χ0v) is 13.6. The van der Waals surface area contributed by atoms with Crippen LogP contribution in [-0.2, 0) is 9.59 Å². The van der Waals surface area contributed by atoms with Crippen molar-refractivity contribution in [3.8, 4) is 0 Å². The molecule has 2 amide bonds. The van der Waals surface area contributed by atoms with Gasteiger partial charge in [-0.05, 0) is 31.2 Å². The molecule has 3 N–H and O–H groups in total. The highest BCUT2D eigenvalue weighted by molar-refractivity contribution is 5.89. The highest BCUT2D eigenvalue weighted by atomic mass is 16.2. The molecule has 1 saturated carbocycles. The number of amides is 2. The maximum absolute atomic E-state index is 12.5. The molecule has 0 aromatic heterocycles. The molecule has 1 aromatic carbocycles. The van der Waals surface area contributed by atoms with Crippen LogP contribution < -0.4 is 11.1 Å². The number of rotatable bonds is 6. The Morgan fingerprint density at radius 3 is 2.65 bits per heavy atom. The van der Waals surface area contributed by atoms with E-state index in [1.807, 2.05) is 42.2 Å². The largest absolute Gasteiger partial charge is 0.352 e. The Bertz CT molecular complexity index is 571. The van der Waals surface area contributed by atoms with E-state index in [0.717, 1.165) is 18.4 Å². The summed E-state index contributed by atoms with van der Waals surface area (Å²) in [5.74, 6) is 0.294. The van der Waals surface area contributed by atoms with Gasteiger partial charge in [0.25, 0.3) is 0 Å². The van der Waals surface area contributed by atoms with E-state index in [9.17, 15) is 9.59 Å². The second-order valence-electron chi connectivity index (χ2n) is 6.72. The van der Waals surface area contributed by atoms with Crippen molar-refractivity contribution in [1.82, 2.24) is 10.2 Å². The van der Waals surface area contributed by atoms with Crippen LogP contribution in [0.25, 0.3) is 0 Å². The van der Waals surface area contributed by atoms with E-state index in [0.29, 0.717) is 25.4 Å². The smallest absolute Gasteiger partial charge is 0.225 e. The molecule has 1 saturated heterocycles. The number of likely N-dealkylation sites (tertiary alicyclic amines) is 1. The van der Waals surface area contributed by atoms with Crippen molar-refractivity contribution in [3.63, 3.8) is 0 Å². The van der Waals surface area contributed by atoms with Crippen LogP contribution >= 0.6 is 0 Å². The third-order valence-corrected chi connectivity index (χ3v) is 5.05. The summed E-state index contributed by atoms with van der Waals surface area (Å²) in [6.45, 7) is 2.98. The molecule has 3 unspecified atom stereocenters. The minimum absolute atomic E-state index is 0.00441. The predicted molar refractivity (Wildman–Crippen MR) is 88.4 cm³/mol. The average molecular weight is 315 g/mol. The van der Waals surface area contributed by atoms with Crippen LogP contribution in [0.3, 0.4) is 0 Å². The quantitative estimate of drug-likeness (QED) is 0.834. The Morgan fingerprint density at radius 1 is 1.35 bits per heavy atom. The average Bonchev–Trinajstić information content (AvgIpc) is 3.34. The molecular weight excluding hydrogens is 290 g/mol. The molecule has 0 radical (unpaired) electrons. The summed E-state index contributed by atoms with van der Waals surface area (Å²) < 4.78 is 0. The number of nitrogens with one attached hydrogen (secondary N) is 1. The van der Waals surface area contributed by atoms with Gasteiger partial charge < -0.3 is 16.0 Å². The fourth-order valence-corrected chi connectivity index (χ4v) is 3.36. The Balaban J connectivity index is 1.61. The molecule has 3 rings (SSSR count). The minimum atomic E-state index is -0.263. The van der Waals surface area contributed by atoms with E-state index in [1.54, 1.807) is 0 Å². The molecule has 5 nitrogen and oxygen atoms in total. The molecule has 2 fully saturated rings. The second-order valence-corrected chi connectivity index (χ2v) is 6.72. The van der Waals surface area contributed by atoms with E-state index < -0.39 is 0 Å². The normalized spacial score (nSPS) is 23.7. The topological polar surface area (TPSA) is 75.4 Å². The van der Waals surface area contributed by atoms with Crippen molar-refractivity contribution in [1.29, 1.82) is 0 Å². The van der Waals surface area contributed by atoms with Gasteiger partial charge in [-0.2, -0.15) is 0 Å². The van der Waals surface area contributed by atoms with Crippen LogP contribution in [0, 0.1) is 11.8 Å². The molecule has 124 valence electrons. The summed E-state index contributed by atoms with van der Waals surface area (Å²) in [5, 5.41) is 3.05. The minimum Gasteiger partial charge on any atom is -0.352 e. The van der Waals surface area contributed by atoms with Crippen molar-refractivity contribution in [2.45, 2.75) is 38.3 Å². The maximum atomic E-state index is 12.5. The number of benzene rings is 1. The van der Waals surface area contributed by atoms with Gasteiger partial charge in [-0.3, -0.25) is 9.59 Å². The van der Waals surface area contributed by atoms with Crippen LogP contribution in [0.15, 0.2) is 30.3 Å². The summed E-state index contributed by atoms with van der Waals surface area (Å²) in [6.07, 6.45) is 2.58. The lowest BCUT2D eigenvalue weighted by Crippen LogP contribution is -2.45. The van der Waals surface area contributed by atoms with Crippen molar-refractivity contribution in [2.24, 2.45) is 17.6 Å². The van der Waals surface area contributed by atoms with Crippen LogP contribution in [0.1, 0.15) is 37.8 Å². The van der Waals surface area contributed by atoms with Crippen LogP contribution in [0.5, 0.6) is 0 Å². The van der Waals surface area contributed by atoms with Gasteiger partial charge in [0.15, 0.2) is 0 Å². The van der Waals surface area contributed by atoms with Gasteiger partial charge in [-0.25, -0.2) is 0 Å². The predicted octanol–water partition coefficient (Wildman–Crippen LogP) is 1.45. The van der Waals surface area contributed by atoms with Gasteiger partial charge in [0.1, 0.15) is 0 Å². The van der Waals surface area contributed by atoms with Crippen molar-refractivity contribution in [2.75, 3.05) is 13.1 Å². The molecule has 5 heteroatoms. The number of carbonyl (C=O) groups is 2. The molecule has 3 atom stereocenters. The first kappa shape index (κ1) is 16.0. The Hall–Kier alpha value is -1.88. The van der Waals surface area contributed by atoms with E-state index in [-0.39, 0.29) is 29.8 Å². The summed E-state index contributed by atoms with van der Waals surface area (Å²) >= 11 is 0. The number of nitrogens with two attached hydrogens (primary N) is 1. The third kappa shape index (κ3) is 3.55. The standard InChI is InChI=1S/C18H25N3O2/c1-12(13-5-3-2-4-6-13)21-11-15(9-17(21)22)18(23)20-16(10-19)14-7-8-14/h2-6,12,14-16H,7-11,19H2,1H3,(H,20,23). The van der Waals surface area contributed by atoms with Gasteiger partial charge in [0.2, 0.25) is 11.8 Å². The van der Waals surface area contributed by atoms with Crippen molar-refractivity contribution < 1.29 is 9.59 Å². The molecule has 0 bridgehead atoms. The number of carbonyl (C=O) groups excluding carboxylic acids is 2. The number of nitrogens with zero attached hydrogens (tertiary/aromatic N) is 1. The van der Waals surface area contributed by atoms with Crippen LogP contribution in [0.4, 0.5) is 0 Å². The van der Waals surface area contributed by atoms with E-state index in [2.05, 4.69) is 5.32 Å². The first-order valence-corrected chi connectivity index (χ1v) is 8.45. The fraction of sp³-hybridized carbons (Fsp3) is 0.556. The molecule has 1 heterocycles. The summed E-state index contributed by atoms with van der Waals surface area (Å²) in [6, 6.07) is 10.00.